The fourth-order valence-electron chi connectivity index (χ4n) is 2.62. The molecule has 0 saturated heterocycles. The van der Waals surface area contributed by atoms with Gasteiger partial charge in [0.05, 0.1) is 5.41 Å². The molecule has 0 bridgehead atoms. The molecule has 5 heteroatoms. The first-order chi connectivity index (χ1) is 11.1. The minimum Gasteiger partial charge on any atom is -0.492 e. The van der Waals surface area contributed by atoms with Crippen LogP contribution in [0.25, 0.3) is 0 Å². The third-order valence-corrected chi connectivity index (χ3v) is 4.55. The van der Waals surface area contributed by atoms with Gasteiger partial charge in [-0.15, -0.1) is 0 Å². The summed E-state index contributed by atoms with van der Waals surface area (Å²) in [5.74, 6) is 0.799. The van der Waals surface area contributed by atoms with Gasteiger partial charge in [-0.1, -0.05) is 28.1 Å². The van der Waals surface area contributed by atoms with Gasteiger partial charge in [0.25, 0.3) is 0 Å². The first-order valence-electron chi connectivity index (χ1n) is 7.64. The Kier molecular flexibility index (Phi) is 4.68. The zero-order chi connectivity index (χ0) is 16.3. The Hall–Kier alpha value is -1.85. The fourth-order valence-corrected chi connectivity index (χ4v) is 3.02. The lowest BCUT2D eigenvalue weighted by atomic mass is 9.95. The summed E-state index contributed by atoms with van der Waals surface area (Å²) in [5.41, 5.74) is 6.85. The average molecular weight is 375 g/mol. The van der Waals surface area contributed by atoms with Gasteiger partial charge in [0.15, 0.2) is 0 Å². The Balaban J connectivity index is 1.69. The van der Waals surface area contributed by atoms with Crippen LogP contribution in [0.2, 0.25) is 0 Å². The van der Waals surface area contributed by atoms with E-state index in [1.165, 1.54) is 0 Å². The summed E-state index contributed by atoms with van der Waals surface area (Å²) in [6.45, 7) is 0.964. The van der Waals surface area contributed by atoms with E-state index >= 15 is 0 Å². The van der Waals surface area contributed by atoms with E-state index in [0.717, 1.165) is 34.3 Å². The molecule has 2 aromatic carbocycles. The minimum absolute atomic E-state index is 0.0474. The second-order valence-electron chi connectivity index (χ2n) is 5.71. The maximum atomic E-state index is 12.7. The Labute approximate surface area is 144 Å². The highest BCUT2D eigenvalue weighted by Crippen LogP contribution is 2.49. The maximum Gasteiger partial charge on any atom is 0.235 e. The van der Waals surface area contributed by atoms with Crippen LogP contribution in [0.1, 0.15) is 18.4 Å². The summed E-state index contributed by atoms with van der Waals surface area (Å²) in [7, 11) is 0. The van der Waals surface area contributed by atoms with Crippen molar-refractivity contribution < 1.29 is 9.53 Å². The lowest BCUT2D eigenvalue weighted by Gasteiger charge is -2.16. The molecule has 1 aliphatic rings. The number of nitrogens with one attached hydrogen (secondary N) is 1. The summed E-state index contributed by atoms with van der Waals surface area (Å²) in [5, 5.41) is 3.01. The van der Waals surface area contributed by atoms with Gasteiger partial charge in [-0.25, -0.2) is 0 Å². The third kappa shape index (κ3) is 3.57. The predicted molar refractivity (Wildman–Crippen MR) is 94.7 cm³/mol. The van der Waals surface area contributed by atoms with E-state index in [9.17, 15) is 4.79 Å². The molecule has 0 radical (unpaired) electrons. The first kappa shape index (κ1) is 16.0. The van der Waals surface area contributed by atoms with Gasteiger partial charge >= 0.3 is 0 Å². The molecule has 1 aliphatic carbocycles. The highest BCUT2D eigenvalue weighted by molar-refractivity contribution is 9.10. The molecular formula is C18H19BrN2O2. The summed E-state index contributed by atoms with van der Waals surface area (Å²) in [6.07, 6.45) is 1.76. The highest BCUT2D eigenvalue weighted by Gasteiger charge is 2.51. The van der Waals surface area contributed by atoms with Gasteiger partial charge in [0, 0.05) is 16.7 Å². The third-order valence-electron chi connectivity index (χ3n) is 4.06. The van der Waals surface area contributed by atoms with Crippen LogP contribution in [0.4, 0.5) is 5.69 Å². The maximum absolute atomic E-state index is 12.7. The Bertz CT molecular complexity index is 696. The molecule has 1 amide bonds. The number of anilines is 1. The van der Waals surface area contributed by atoms with Gasteiger partial charge in [0.2, 0.25) is 5.91 Å². The topological polar surface area (TPSA) is 64.3 Å². The molecule has 1 saturated carbocycles. The van der Waals surface area contributed by atoms with Gasteiger partial charge in [-0.05, 0) is 54.8 Å². The van der Waals surface area contributed by atoms with Crippen LogP contribution in [0.15, 0.2) is 53.0 Å². The smallest absolute Gasteiger partial charge is 0.235 e. The van der Waals surface area contributed by atoms with Crippen LogP contribution in [-0.4, -0.2) is 19.1 Å². The van der Waals surface area contributed by atoms with Crippen LogP contribution in [0.3, 0.4) is 0 Å². The largest absolute Gasteiger partial charge is 0.492 e. The van der Waals surface area contributed by atoms with Crippen molar-refractivity contribution in [3.8, 4) is 5.75 Å². The molecule has 0 aliphatic heterocycles. The van der Waals surface area contributed by atoms with Gasteiger partial charge in [0.1, 0.15) is 12.4 Å². The van der Waals surface area contributed by atoms with Crippen molar-refractivity contribution in [2.75, 3.05) is 18.5 Å². The minimum atomic E-state index is -0.390. The number of nitrogens with two attached hydrogens (primary N) is 1. The fraction of sp³-hybridized carbons (Fsp3) is 0.278. The molecule has 1 fully saturated rings. The van der Waals surface area contributed by atoms with E-state index in [1.807, 2.05) is 48.5 Å². The van der Waals surface area contributed by atoms with Gasteiger partial charge in [-0.2, -0.15) is 0 Å². The van der Waals surface area contributed by atoms with Crippen molar-refractivity contribution in [3.63, 3.8) is 0 Å². The predicted octanol–water partition coefficient (Wildman–Crippen LogP) is 3.46. The second kappa shape index (κ2) is 6.72. The van der Waals surface area contributed by atoms with E-state index in [4.69, 9.17) is 10.5 Å². The number of hydrogen-bond acceptors (Lipinski definition) is 3. The molecule has 0 heterocycles. The molecule has 4 nitrogen and oxygen atoms in total. The number of carbonyl (C=O) groups is 1. The molecule has 2 aromatic rings. The van der Waals surface area contributed by atoms with Crippen LogP contribution in [-0.2, 0) is 10.2 Å². The summed E-state index contributed by atoms with van der Waals surface area (Å²) < 4.78 is 6.43. The number of benzene rings is 2. The van der Waals surface area contributed by atoms with Crippen molar-refractivity contribution in [3.05, 3.63) is 58.6 Å². The average Bonchev–Trinajstić information content (AvgIpc) is 3.36. The number of halogens is 1. The van der Waals surface area contributed by atoms with E-state index in [-0.39, 0.29) is 5.91 Å². The highest BCUT2D eigenvalue weighted by atomic mass is 79.9. The molecule has 3 rings (SSSR count). The molecule has 0 unspecified atom stereocenters. The van der Waals surface area contributed by atoms with E-state index in [0.29, 0.717) is 13.2 Å². The molecular weight excluding hydrogens is 356 g/mol. The van der Waals surface area contributed by atoms with E-state index in [2.05, 4.69) is 21.2 Å². The lowest BCUT2D eigenvalue weighted by molar-refractivity contribution is -0.118. The monoisotopic (exact) mass is 374 g/mol. The van der Waals surface area contributed by atoms with Gasteiger partial charge in [-0.3, -0.25) is 4.79 Å². The SMILES string of the molecule is NCCOc1ccc(NC(=O)C2(c3cccc(Br)c3)CC2)cc1. The number of carbonyl (C=O) groups excluding carboxylic acids is 1. The van der Waals surface area contributed by atoms with Crippen molar-refractivity contribution in [1.29, 1.82) is 0 Å². The first-order valence-corrected chi connectivity index (χ1v) is 8.44. The molecule has 0 aromatic heterocycles. The number of amides is 1. The molecule has 3 N–H and O–H groups in total. The van der Waals surface area contributed by atoms with Gasteiger partial charge < -0.3 is 15.8 Å². The quantitative estimate of drug-likeness (QED) is 0.813. The van der Waals surface area contributed by atoms with Crippen LogP contribution in [0, 0.1) is 0 Å². The Morgan fingerprint density at radius 1 is 1.22 bits per heavy atom. The van der Waals surface area contributed by atoms with Crippen LogP contribution >= 0.6 is 15.9 Å². The lowest BCUT2D eigenvalue weighted by Crippen LogP contribution is -2.27. The van der Waals surface area contributed by atoms with E-state index in [1.54, 1.807) is 0 Å². The number of rotatable bonds is 6. The number of hydrogen-bond donors (Lipinski definition) is 2. The van der Waals surface area contributed by atoms with Crippen molar-refractivity contribution in [2.45, 2.75) is 18.3 Å². The summed E-state index contributed by atoms with van der Waals surface area (Å²) >= 11 is 3.47. The summed E-state index contributed by atoms with van der Waals surface area (Å²) in [6, 6.07) is 15.3. The number of ether oxygens (including phenoxy) is 1. The molecule has 23 heavy (non-hydrogen) atoms. The zero-order valence-corrected chi connectivity index (χ0v) is 14.3. The molecule has 0 spiro atoms. The van der Waals surface area contributed by atoms with E-state index < -0.39 is 5.41 Å². The van der Waals surface area contributed by atoms with Crippen LogP contribution < -0.4 is 15.8 Å². The Morgan fingerprint density at radius 3 is 2.57 bits per heavy atom. The standard InChI is InChI=1S/C18H19BrN2O2/c19-14-3-1-2-13(12-14)18(8-9-18)17(22)21-15-4-6-16(7-5-15)23-11-10-20/h1-7,12H,8-11,20H2,(H,21,22). The van der Waals surface area contributed by atoms with Crippen molar-refractivity contribution in [2.24, 2.45) is 5.73 Å². The molecule has 0 atom stereocenters. The molecule has 120 valence electrons. The van der Waals surface area contributed by atoms with Crippen LogP contribution in [0.5, 0.6) is 5.75 Å². The zero-order valence-electron chi connectivity index (χ0n) is 12.7. The Morgan fingerprint density at radius 2 is 1.96 bits per heavy atom. The van der Waals surface area contributed by atoms with Crippen molar-refractivity contribution in [1.82, 2.24) is 0 Å². The summed E-state index contributed by atoms with van der Waals surface area (Å²) in [4.78, 5) is 12.7. The second-order valence-corrected chi connectivity index (χ2v) is 6.62. The normalized spacial score (nSPS) is 15.0. The van der Waals surface area contributed by atoms with Crippen molar-refractivity contribution >= 4 is 27.5 Å².